The van der Waals surface area contributed by atoms with Crippen LogP contribution in [0.4, 0.5) is 0 Å². The van der Waals surface area contributed by atoms with Crippen LogP contribution in [-0.2, 0) is 16.0 Å². The van der Waals surface area contributed by atoms with Crippen LogP contribution >= 0.6 is 0 Å². The molecule has 1 fully saturated rings. The van der Waals surface area contributed by atoms with Gasteiger partial charge in [-0.2, -0.15) is 0 Å². The molecule has 4 heteroatoms. The minimum absolute atomic E-state index is 0.0265. The summed E-state index contributed by atoms with van der Waals surface area (Å²) in [5.74, 6) is -0.285. The van der Waals surface area contributed by atoms with E-state index in [0.29, 0.717) is 13.0 Å². The molecule has 0 aromatic heterocycles. The molecule has 0 spiro atoms. The van der Waals surface area contributed by atoms with Crippen LogP contribution in [0.25, 0.3) is 0 Å². The lowest BCUT2D eigenvalue weighted by atomic mass is 9.94. The first-order chi connectivity index (χ1) is 9.46. The Kier molecular flexibility index (Phi) is 4.42. The van der Waals surface area contributed by atoms with E-state index < -0.39 is 0 Å². The molecule has 20 heavy (non-hydrogen) atoms. The second-order valence-corrected chi connectivity index (χ2v) is 6.06. The highest BCUT2D eigenvalue weighted by atomic mass is 16.2. The lowest BCUT2D eigenvalue weighted by Gasteiger charge is -2.27. The Morgan fingerprint density at radius 2 is 2.05 bits per heavy atom. The maximum Gasteiger partial charge on any atom is 0.225 e. The van der Waals surface area contributed by atoms with E-state index in [1.807, 2.05) is 32.0 Å². The number of aryl methyl sites for hydroxylation is 1. The molecule has 1 aromatic carbocycles. The molecular formula is C16H22N2O2. The highest BCUT2D eigenvalue weighted by Crippen LogP contribution is 2.16. The van der Waals surface area contributed by atoms with Gasteiger partial charge in [-0.05, 0) is 32.3 Å². The summed E-state index contributed by atoms with van der Waals surface area (Å²) in [7, 11) is 0. The molecule has 108 valence electrons. The second kappa shape index (κ2) is 6.07. The third-order valence-electron chi connectivity index (χ3n) is 3.69. The molecule has 0 radical (unpaired) electrons. The first-order valence-electron chi connectivity index (χ1n) is 7.09. The summed E-state index contributed by atoms with van der Waals surface area (Å²) < 4.78 is 0. The van der Waals surface area contributed by atoms with Crippen LogP contribution < -0.4 is 10.6 Å². The summed E-state index contributed by atoms with van der Waals surface area (Å²) in [6.45, 7) is 4.51. The Morgan fingerprint density at radius 1 is 1.35 bits per heavy atom. The largest absolute Gasteiger partial charge is 0.355 e. The van der Waals surface area contributed by atoms with Crippen LogP contribution in [0.15, 0.2) is 30.3 Å². The van der Waals surface area contributed by atoms with Gasteiger partial charge in [0.2, 0.25) is 11.8 Å². The molecule has 0 saturated carbocycles. The molecule has 1 heterocycles. The van der Waals surface area contributed by atoms with Crippen molar-refractivity contribution in [3.8, 4) is 0 Å². The normalized spacial score (nSPS) is 18.7. The number of carbonyl (C=O) groups is 2. The maximum absolute atomic E-state index is 12.1. The van der Waals surface area contributed by atoms with Gasteiger partial charge in [-0.1, -0.05) is 30.3 Å². The average molecular weight is 274 g/mol. The van der Waals surface area contributed by atoms with Crippen LogP contribution in [0.3, 0.4) is 0 Å². The Morgan fingerprint density at radius 3 is 2.65 bits per heavy atom. The van der Waals surface area contributed by atoms with E-state index in [2.05, 4.69) is 22.8 Å². The lowest BCUT2D eigenvalue weighted by molar-refractivity contribution is -0.127. The smallest absolute Gasteiger partial charge is 0.225 e. The summed E-state index contributed by atoms with van der Waals surface area (Å²) in [6.07, 6.45) is 2.10. The molecule has 4 nitrogen and oxygen atoms in total. The molecule has 0 aliphatic carbocycles. The molecule has 1 aliphatic rings. The van der Waals surface area contributed by atoms with Gasteiger partial charge in [0.1, 0.15) is 0 Å². The molecule has 1 saturated heterocycles. The van der Waals surface area contributed by atoms with Crippen molar-refractivity contribution in [1.82, 2.24) is 10.6 Å². The van der Waals surface area contributed by atoms with Crippen molar-refractivity contribution in [2.75, 3.05) is 6.54 Å². The number of hydrogen-bond donors (Lipinski definition) is 2. The van der Waals surface area contributed by atoms with Crippen LogP contribution in [0.5, 0.6) is 0 Å². The highest BCUT2D eigenvalue weighted by molar-refractivity contribution is 5.89. The molecule has 0 bridgehead atoms. The zero-order valence-corrected chi connectivity index (χ0v) is 12.1. The summed E-state index contributed by atoms with van der Waals surface area (Å²) in [4.78, 5) is 23.3. The highest BCUT2D eigenvalue weighted by Gasteiger charge is 2.31. The predicted octanol–water partition coefficient (Wildman–Crippen LogP) is 1.65. The quantitative estimate of drug-likeness (QED) is 0.857. The average Bonchev–Trinajstić information content (AvgIpc) is 2.84. The Balaban J connectivity index is 1.84. The van der Waals surface area contributed by atoms with E-state index in [-0.39, 0.29) is 23.3 Å². The fourth-order valence-corrected chi connectivity index (χ4v) is 2.39. The van der Waals surface area contributed by atoms with E-state index in [1.54, 1.807) is 0 Å². The fraction of sp³-hybridized carbons (Fsp3) is 0.500. The molecule has 1 aromatic rings. The first kappa shape index (κ1) is 14.6. The summed E-state index contributed by atoms with van der Waals surface area (Å²) >= 11 is 0. The van der Waals surface area contributed by atoms with Crippen molar-refractivity contribution in [2.24, 2.45) is 5.92 Å². The van der Waals surface area contributed by atoms with Gasteiger partial charge in [0.05, 0.1) is 5.92 Å². The Bertz CT molecular complexity index is 483. The van der Waals surface area contributed by atoms with Gasteiger partial charge in [0.15, 0.2) is 0 Å². The van der Waals surface area contributed by atoms with E-state index >= 15 is 0 Å². The van der Waals surface area contributed by atoms with E-state index in [4.69, 9.17) is 0 Å². The van der Waals surface area contributed by atoms with Gasteiger partial charge in [-0.25, -0.2) is 0 Å². The number of nitrogens with one attached hydrogen (secondary N) is 2. The fourth-order valence-electron chi connectivity index (χ4n) is 2.39. The topological polar surface area (TPSA) is 58.2 Å². The van der Waals surface area contributed by atoms with Gasteiger partial charge in [0, 0.05) is 18.5 Å². The van der Waals surface area contributed by atoms with Gasteiger partial charge in [-0.3, -0.25) is 9.59 Å². The molecule has 2 N–H and O–H groups in total. The van der Waals surface area contributed by atoms with Crippen molar-refractivity contribution in [2.45, 2.75) is 38.6 Å². The zero-order chi connectivity index (χ0) is 14.6. The molecule has 1 aliphatic heterocycles. The number of hydrogen-bond acceptors (Lipinski definition) is 2. The number of amides is 2. The predicted molar refractivity (Wildman–Crippen MR) is 78.1 cm³/mol. The molecule has 2 rings (SSSR count). The van der Waals surface area contributed by atoms with Crippen molar-refractivity contribution in [3.63, 3.8) is 0 Å². The monoisotopic (exact) mass is 274 g/mol. The lowest BCUT2D eigenvalue weighted by Crippen LogP contribution is -2.46. The standard InChI is InChI=1S/C16H22N2O2/c1-16(2,9-8-12-6-4-3-5-7-12)18-15(20)13-10-14(19)17-11-13/h3-7,13H,8-11H2,1-2H3,(H,17,19)(H,18,20). The van der Waals surface area contributed by atoms with E-state index in [9.17, 15) is 9.59 Å². The zero-order valence-electron chi connectivity index (χ0n) is 12.1. The number of carbonyl (C=O) groups excluding carboxylic acids is 2. The van der Waals surface area contributed by atoms with E-state index in [1.165, 1.54) is 5.56 Å². The Hall–Kier alpha value is -1.84. The van der Waals surface area contributed by atoms with Gasteiger partial charge in [0.25, 0.3) is 0 Å². The molecule has 1 atom stereocenters. The second-order valence-electron chi connectivity index (χ2n) is 6.06. The number of rotatable bonds is 5. The third-order valence-corrected chi connectivity index (χ3v) is 3.69. The molecule has 1 unspecified atom stereocenters. The van der Waals surface area contributed by atoms with Gasteiger partial charge >= 0.3 is 0 Å². The summed E-state index contributed by atoms with van der Waals surface area (Å²) in [5, 5.41) is 5.75. The molecular weight excluding hydrogens is 252 g/mol. The van der Waals surface area contributed by atoms with Crippen LogP contribution in [-0.4, -0.2) is 23.9 Å². The number of benzene rings is 1. The van der Waals surface area contributed by atoms with Gasteiger partial charge in [-0.15, -0.1) is 0 Å². The van der Waals surface area contributed by atoms with Crippen molar-refractivity contribution < 1.29 is 9.59 Å². The minimum Gasteiger partial charge on any atom is -0.355 e. The third kappa shape index (κ3) is 4.08. The van der Waals surface area contributed by atoms with E-state index in [0.717, 1.165) is 12.8 Å². The van der Waals surface area contributed by atoms with Crippen molar-refractivity contribution in [1.29, 1.82) is 0 Å². The van der Waals surface area contributed by atoms with Crippen LogP contribution in [0.2, 0.25) is 0 Å². The van der Waals surface area contributed by atoms with Gasteiger partial charge < -0.3 is 10.6 Å². The SMILES string of the molecule is CC(C)(CCc1ccccc1)NC(=O)C1CNC(=O)C1. The first-order valence-corrected chi connectivity index (χ1v) is 7.09. The summed E-state index contributed by atoms with van der Waals surface area (Å²) in [5.41, 5.74) is 1.01. The molecule has 2 amide bonds. The van der Waals surface area contributed by atoms with Crippen molar-refractivity contribution >= 4 is 11.8 Å². The van der Waals surface area contributed by atoms with Crippen LogP contribution in [0, 0.1) is 5.92 Å². The Labute approximate surface area is 119 Å². The minimum atomic E-state index is -0.265. The summed E-state index contributed by atoms with van der Waals surface area (Å²) in [6, 6.07) is 10.2. The van der Waals surface area contributed by atoms with Crippen LogP contribution in [0.1, 0.15) is 32.3 Å². The maximum atomic E-state index is 12.1. The van der Waals surface area contributed by atoms with Crippen molar-refractivity contribution in [3.05, 3.63) is 35.9 Å².